The second kappa shape index (κ2) is 6.55. The van der Waals surface area contributed by atoms with Gasteiger partial charge in [-0.2, -0.15) is 0 Å². The van der Waals surface area contributed by atoms with Crippen molar-refractivity contribution in [2.45, 2.75) is 57.9 Å². The quantitative estimate of drug-likeness (QED) is 0.647. The molecule has 0 amide bonds. The molecule has 1 aliphatic carbocycles. The Labute approximate surface area is 114 Å². The minimum absolute atomic E-state index is 0.188. The van der Waals surface area contributed by atoms with Crippen molar-refractivity contribution >= 4 is 11.4 Å². The maximum atomic E-state index is 11.1. The highest BCUT2D eigenvalue weighted by atomic mass is 16.6. The van der Waals surface area contributed by atoms with Crippen LogP contribution >= 0.6 is 0 Å². The smallest absolute Gasteiger partial charge is 0.292 e. The number of nitrogens with one attached hydrogen (secondary N) is 1. The van der Waals surface area contributed by atoms with E-state index >= 15 is 0 Å². The molecule has 2 rings (SSSR count). The van der Waals surface area contributed by atoms with Gasteiger partial charge in [0.25, 0.3) is 5.69 Å². The number of nitrogens with zero attached hydrogens (tertiary/aromatic N) is 1. The molecular weight excluding hydrogens is 240 g/mol. The summed E-state index contributed by atoms with van der Waals surface area (Å²) in [7, 11) is 0. The van der Waals surface area contributed by atoms with E-state index in [1.165, 1.54) is 32.1 Å². The van der Waals surface area contributed by atoms with Crippen LogP contribution in [0.3, 0.4) is 0 Å². The number of benzene rings is 1. The van der Waals surface area contributed by atoms with Gasteiger partial charge in [-0.3, -0.25) is 10.1 Å². The van der Waals surface area contributed by atoms with Gasteiger partial charge in [0.2, 0.25) is 0 Å². The zero-order chi connectivity index (χ0) is 13.7. The van der Waals surface area contributed by atoms with Gasteiger partial charge in [-0.25, -0.2) is 0 Å². The third-order valence-electron chi connectivity index (χ3n) is 3.81. The maximum Gasteiger partial charge on any atom is 0.292 e. The number of nitro benzene ring substituents is 1. The summed E-state index contributed by atoms with van der Waals surface area (Å²) in [6.45, 7) is 1.97. The van der Waals surface area contributed by atoms with E-state index in [1.54, 1.807) is 12.1 Å². The van der Waals surface area contributed by atoms with Gasteiger partial charge >= 0.3 is 0 Å². The van der Waals surface area contributed by atoms with E-state index in [-0.39, 0.29) is 10.6 Å². The van der Waals surface area contributed by atoms with Gasteiger partial charge in [0.15, 0.2) is 0 Å². The molecule has 104 valence electrons. The first kappa shape index (κ1) is 13.8. The van der Waals surface area contributed by atoms with Crippen molar-refractivity contribution in [3.8, 4) is 0 Å². The highest BCUT2D eigenvalue weighted by Gasteiger charge is 2.17. The number of nitro groups is 1. The fraction of sp³-hybridized carbons (Fsp3) is 0.600. The van der Waals surface area contributed by atoms with Gasteiger partial charge in [0.1, 0.15) is 5.69 Å². The second-order valence-electron chi connectivity index (χ2n) is 5.46. The molecule has 0 bridgehead atoms. The molecule has 4 heteroatoms. The molecule has 1 aliphatic rings. The summed E-state index contributed by atoms with van der Waals surface area (Å²) in [5, 5.41) is 14.5. The lowest BCUT2D eigenvalue weighted by Crippen LogP contribution is -2.21. The number of anilines is 1. The van der Waals surface area contributed by atoms with Gasteiger partial charge in [0, 0.05) is 12.1 Å². The Morgan fingerprint density at radius 1 is 1.16 bits per heavy atom. The fourth-order valence-corrected chi connectivity index (χ4v) is 2.75. The number of hydrogen-bond acceptors (Lipinski definition) is 3. The highest BCUT2D eigenvalue weighted by Crippen LogP contribution is 2.28. The molecule has 0 atom stereocenters. The Morgan fingerprint density at radius 3 is 2.42 bits per heavy atom. The molecule has 19 heavy (non-hydrogen) atoms. The Hall–Kier alpha value is -1.58. The largest absolute Gasteiger partial charge is 0.377 e. The summed E-state index contributed by atoms with van der Waals surface area (Å²) in [6, 6.07) is 5.65. The summed E-state index contributed by atoms with van der Waals surface area (Å²) < 4.78 is 0. The van der Waals surface area contributed by atoms with Gasteiger partial charge in [0.05, 0.1) is 4.92 Å². The van der Waals surface area contributed by atoms with E-state index in [1.807, 2.05) is 13.0 Å². The van der Waals surface area contributed by atoms with Crippen molar-refractivity contribution in [2.75, 3.05) is 5.32 Å². The maximum absolute atomic E-state index is 11.1. The predicted octanol–water partition coefficient (Wildman–Crippen LogP) is 4.43. The summed E-state index contributed by atoms with van der Waals surface area (Å²) in [4.78, 5) is 10.8. The van der Waals surface area contributed by atoms with Crippen LogP contribution in [0, 0.1) is 17.0 Å². The lowest BCUT2D eigenvalue weighted by molar-refractivity contribution is -0.384. The van der Waals surface area contributed by atoms with Crippen LogP contribution in [0.5, 0.6) is 0 Å². The lowest BCUT2D eigenvalue weighted by Gasteiger charge is -2.22. The average Bonchev–Trinajstić information content (AvgIpc) is 2.32. The van der Waals surface area contributed by atoms with Crippen LogP contribution in [-0.2, 0) is 0 Å². The normalized spacial score (nSPS) is 17.5. The number of aryl methyl sites for hydroxylation is 1. The van der Waals surface area contributed by atoms with Gasteiger partial charge in [-0.1, -0.05) is 38.2 Å². The van der Waals surface area contributed by atoms with Crippen molar-refractivity contribution in [1.82, 2.24) is 0 Å². The van der Waals surface area contributed by atoms with Crippen LogP contribution < -0.4 is 5.32 Å². The zero-order valence-corrected chi connectivity index (χ0v) is 11.5. The van der Waals surface area contributed by atoms with Crippen LogP contribution in [0.4, 0.5) is 11.4 Å². The molecule has 1 fully saturated rings. The van der Waals surface area contributed by atoms with Crippen molar-refractivity contribution < 1.29 is 4.92 Å². The molecule has 0 aliphatic heterocycles. The van der Waals surface area contributed by atoms with Gasteiger partial charge in [-0.15, -0.1) is 0 Å². The summed E-state index contributed by atoms with van der Waals surface area (Å²) >= 11 is 0. The van der Waals surface area contributed by atoms with Gasteiger partial charge in [-0.05, 0) is 31.4 Å². The van der Waals surface area contributed by atoms with Crippen LogP contribution in [0.25, 0.3) is 0 Å². The third-order valence-corrected chi connectivity index (χ3v) is 3.81. The molecular formula is C15H22N2O2. The molecule has 0 aromatic heterocycles. The Kier molecular flexibility index (Phi) is 4.77. The van der Waals surface area contributed by atoms with Crippen LogP contribution in [0.1, 0.15) is 50.5 Å². The van der Waals surface area contributed by atoms with E-state index < -0.39 is 0 Å². The summed E-state index contributed by atoms with van der Waals surface area (Å²) in [5.41, 5.74) is 1.92. The molecule has 0 radical (unpaired) electrons. The Morgan fingerprint density at radius 2 is 1.79 bits per heavy atom. The van der Waals surface area contributed by atoms with E-state index in [2.05, 4.69) is 5.32 Å². The topological polar surface area (TPSA) is 55.2 Å². The first-order chi connectivity index (χ1) is 9.16. The molecule has 1 aromatic carbocycles. The molecule has 0 heterocycles. The molecule has 0 unspecified atom stereocenters. The van der Waals surface area contributed by atoms with Crippen molar-refractivity contribution in [3.05, 3.63) is 33.9 Å². The second-order valence-corrected chi connectivity index (χ2v) is 5.46. The molecule has 1 saturated carbocycles. The third kappa shape index (κ3) is 3.94. The highest BCUT2D eigenvalue weighted by molar-refractivity contribution is 5.63. The SMILES string of the molecule is Cc1ccc([N+](=O)[O-])c(NC2CCCCCCC2)c1. The molecule has 1 aromatic rings. The van der Waals surface area contributed by atoms with Crippen LogP contribution in [0.2, 0.25) is 0 Å². The van der Waals surface area contributed by atoms with E-state index in [0.29, 0.717) is 11.7 Å². The van der Waals surface area contributed by atoms with Crippen LogP contribution in [-0.4, -0.2) is 11.0 Å². The monoisotopic (exact) mass is 262 g/mol. The minimum Gasteiger partial charge on any atom is -0.377 e. The van der Waals surface area contributed by atoms with Crippen molar-refractivity contribution in [2.24, 2.45) is 0 Å². The molecule has 0 spiro atoms. The molecule has 1 N–H and O–H groups in total. The molecule has 0 saturated heterocycles. The summed E-state index contributed by atoms with van der Waals surface area (Å²) in [5.74, 6) is 0. The number of hydrogen-bond donors (Lipinski definition) is 1. The first-order valence-corrected chi connectivity index (χ1v) is 7.18. The van der Waals surface area contributed by atoms with Crippen LogP contribution in [0.15, 0.2) is 18.2 Å². The first-order valence-electron chi connectivity index (χ1n) is 7.18. The zero-order valence-electron chi connectivity index (χ0n) is 11.5. The van der Waals surface area contributed by atoms with E-state index in [4.69, 9.17) is 0 Å². The van der Waals surface area contributed by atoms with E-state index in [0.717, 1.165) is 18.4 Å². The Bertz CT molecular complexity index is 438. The minimum atomic E-state index is -0.301. The molecule has 4 nitrogen and oxygen atoms in total. The van der Waals surface area contributed by atoms with Crippen molar-refractivity contribution in [1.29, 1.82) is 0 Å². The predicted molar refractivity (Wildman–Crippen MR) is 77.6 cm³/mol. The lowest BCUT2D eigenvalue weighted by atomic mass is 9.96. The fourth-order valence-electron chi connectivity index (χ4n) is 2.75. The number of rotatable bonds is 3. The van der Waals surface area contributed by atoms with Gasteiger partial charge < -0.3 is 5.32 Å². The summed E-state index contributed by atoms with van der Waals surface area (Å²) in [6.07, 6.45) is 8.57. The Balaban J connectivity index is 2.11. The standard InChI is InChI=1S/C15H22N2O2/c1-12-9-10-15(17(18)19)14(11-12)16-13-7-5-3-2-4-6-8-13/h9-11,13,16H,2-8H2,1H3. The van der Waals surface area contributed by atoms with Crippen molar-refractivity contribution in [3.63, 3.8) is 0 Å². The van der Waals surface area contributed by atoms with E-state index in [9.17, 15) is 10.1 Å². The average molecular weight is 262 g/mol.